The number of aromatic nitrogens is 3. The van der Waals surface area contributed by atoms with E-state index in [9.17, 15) is 5.11 Å². The predicted molar refractivity (Wildman–Crippen MR) is 69.2 cm³/mol. The van der Waals surface area contributed by atoms with Gasteiger partial charge in [0.05, 0.1) is 11.4 Å². The number of hydrogen-bond donors (Lipinski definition) is 2. The number of hydrogen-bond acceptors (Lipinski definition) is 4. The Bertz CT molecular complexity index is 716. The smallest absolute Gasteiger partial charge is 0.180 e. The molecular formula is C13H12N4O. The van der Waals surface area contributed by atoms with Gasteiger partial charge in [-0.05, 0) is 31.2 Å². The Labute approximate surface area is 104 Å². The van der Waals surface area contributed by atoms with Gasteiger partial charge in [-0.1, -0.05) is 0 Å². The van der Waals surface area contributed by atoms with Gasteiger partial charge in [0.25, 0.3) is 0 Å². The summed E-state index contributed by atoms with van der Waals surface area (Å²) in [6, 6.07) is 7.00. The molecule has 0 aliphatic rings. The zero-order chi connectivity index (χ0) is 12.7. The van der Waals surface area contributed by atoms with Gasteiger partial charge in [-0.25, -0.2) is 9.97 Å². The molecule has 3 N–H and O–H groups in total. The van der Waals surface area contributed by atoms with Crippen molar-refractivity contribution in [1.82, 2.24) is 14.4 Å². The van der Waals surface area contributed by atoms with Gasteiger partial charge in [0.15, 0.2) is 11.5 Å². The maximum atomic E-state index is 9.33. The number of rotatable bonds is 1. The first-order chi connectivity index (χ1) is 8.66. The fourth-order valence-corrected chi connectivity index (χ4v) is 2.08. The van der Waals surface area contributed by atoms with Crippen LogP contribution in [0.5, 0.6) is 5.75 Å². The minimum atomic E-state index is 0.242. The van der Waals surface area contributed by atoms with Crippen LogP contribution in [0.4, 0.5) is 5.82 Å². The second kappa shape index (κ2) is 3.73. The number of anilines is 1. The summed E-state index contributed by atoms with van der Waals surface area (Å²) in [6.07, 6.45) is 3.47. The van der Waals surface area contributed by atoms with E-state index in [0.717, 1.165) is 17.0 Å². The first-order valence-electron chi connectivity index (χ1n) is 5.55. The lowest BCUT2D eigenvalue weighted by molar-refractivity contribution is 0.475. The highest BCUT2D eigenvalue weighted by Gasteiger charge is 2.12. The number of nitrogen functional groups attached to an aromatic ring is 1. The molecule has 0 atom stereocenters. The fraction of sp³-hybridized carbons (Fsp3) is 0.0769. The minimum Gasteiger partial charge on any atom is -0.508 e. The van der Waals surface area contributed by atoms with E-state index < -0.39 is 0 Å². The van der Waals surface area contributed by atoms with E-state index >= 15 is 0 Å². The fourth-order valence-electron chi connectivity index (χ4n) is 2.08. The van der Waals surface area contributed by atoms with Crippen LogP contribution in [0, 0.1) is 6.92 Å². The molecule has 0 saturated carbocycles. The van der Waals surface area contributed by atoms with E-state index in [4.69, 9.17) is 5.73 Å². The highest BCUT2D eigenvalue weighted by molar-refractivity contribution is 5.72. The van der Waals surface area contributed by atoms with Crippen molar-refractivity contribution in [2.75, 3.05) is 5.73 Å². The quantitative estimate of drug-likeness (QED) is 0.682. The van der Waals surface area contributed by atoms with Crippen LogP contribution in [0.15, 0.2) is 36.7 Å². The van der Waals surface area contributed by atoms with Crippen molar-refractivity contribution < 1.29 is 5.11 Å². The summed E-state index contributed by atoms with van der Waals surface area (Å²) in [6.45, 7) is 1.93. The normalized spacial score (nSPS) is 10.9. The molecule has 18 heavy (non-hydrogen) atoms. The molecule has 0 spiro atoms. The van der Waals surface area contributed by atoms with Crippen LogP contribution in [0.25, 0.3) is 16.9 Å². The average molecular weight is 240 g/mol. The largest absolute Gasteiger partial charge is 0.508 e. The van der Waals surface area contributed by atoms with Crippen LogP contribution in [0.3, 0.4) is 0 Å². The van der Waals surface area contributed by atoms with Gasteiger partial charge in [0.2, 0.25) is 0 Å². The third-order valence-corrected chi connectivity index (χ3v) is 2.88. The zero-order valence-corrected chi connectivity index (χ0v) is 9.83. The van der Waals surface area contributed by atoms with Crippen molar-refractivity contribution in [3.63, 3.8) is 0 Å². The number of benzene rings is 1. The topological polar surface area (TPSA) is 76.4 Å². The van der Waals surface area contributed by atoms with Crippen LogP contribution in [-0.2, 0) is 0 Å². The van der Waals surface area contributed by atoms with Crippen molar-refractivity contribution in [2.45, 2.75) is 6.92 Å². The second-order valence-corrected chi connectivity index (χ2v) is 4.10. The number of aromatic hydroxyl groups is 1. The molecule has 0 fully saturated rings. The first kappa shape index (κ1) is 10.6. The molecule has 0 saturated heterocycles. The molecule has 1 aromatic carbocycles. The summed E-state index contributed by atoms with van der Waals surface area (Å²) in [4.78, 5) is 8.45. The van der Waals surface area contributed by atoms with Crippen LogP contribution in [0.2, 0.25) is 0 Å². The average Bonchev–Trinajstić information content (AvgIpc) is 2.69. The number of phenols is 1. The van der Waals surface area contributed by atoms with E-state index in [1.165, 1.54) is 0 Å². The van der Waals surface area contributed by atoms with Crippen molar-refractivity contribution in [1.29, 1.82) is 0 Å². The maximum absolute atomic E-state index is 9.33. The Kier molecular flexibility index (Phi) is 2.19. The van der Waals surface area contributed by atoms with E-state index in [1.54, 1.807) is 18.3 Å². The van der Waals surface area contributed by atoms with E-state index in [-0.39, 0.29) is 5.75 Å². The lowest BCUT2D eigenvalue weighted by Crippen LogP contribution is -1.96. The molecule has 3 aromatic rings. The number of aryl methyl sites for hydroxylation is 1. The number of fused-ring (bicyclic) bond motifs is 1. The lowest BCUT2D eigenvalue weighted by Gasteiger charge is -2.04. The second-order valence-electron chi connectivity index (χ2n) is 4.10. The number of imidazole rings is 1. The van der Waals surface area contributed by atoms with E-state index in [2.05, 4.69) is 9.97 Å². The summed E-state index contributed by atoms with van der Waals surface area (Å²) in [5, 5.41) is 9.33. The molecule has 0 bridgehead atoms. The van der Waals surface area contributed by atoms with Gasteiger partial charge in [-0.15, -0.1) is 0 Å². The molecule has 5 nitrogen and oxygen atoms in total. The molecule has 0 aliphatic carbocycles. The molecule has 2 heterocycles. The van der Waals surface area contributed by atoms with E-state index in [1.807, 2.05) is 29.7 Å². The van der Waals surface area contributed by atoms with Gasteiger partial charge < -0.3 is 10.8 Å². The van der Waals surface area contributed by atoms with Crippen LogP contribution in [0.1, 0.15) is 5.69 Å². The summed E-state index contributed by atoms with van der Waals surface area (Å²) in [7, 11) is 0. The van der Waals surface area contributed by atoms with Gasteiger partial charge in [0, 0.05) is 18.0 Å². The standard InChI is InChI=1S/C13H12N4O/c1-8-11(9-2-4-10(18)5-3-9)17-7-6-15-12(14)13(17)16-8/h2-7,18H,1H3,(H2,14,15). The number of phenolic OH excluding ortho intramolecular Hbond substituents is 1. The first-order valence-corrected chi connectivity index (χ1v) is 5.55. The van der Waals surface area contributed by atoms with Gasteiger partial charge in [-0.3, -0.25) is 4.40 Å². The Morgan fingerprint density at radius 3 is 2.67 bits per heavy atom. The zero-order valence-electron chi connectivity index (χ0n) is 9.83. The minimum absolute atomic E-state index is 0.242. The number of nitrogens with two attached hydrogens (primary N) is 1. The third kappa shape index (κ3) is 1.48. The highest BCUT2D eigenvalue weighted by Crippen LogP contribution is 2.27. The van der Waals surface area contributed by atoms with Crippen molar-refractivity contribution in [2.24, 2.45) is 0 Å². The summed E-state index contributed by atoms with van der Waals surface area (Å²) in [5.74, 6) is 0.650. The Balaban J connectivity index is 2.32. The molecular weight excluding hydrogens is 228 g/mol. The Morgan fingerprint density at radius 1 is 1.22 bits per heavy atom. The molecule has 0 amide bonds. The molecule has 2 aromatic heterocycles. The van der Waals surface area contributed by atoms with Crippen LogP contribution >= 0.6 is 0 Å². The lowest BCUT2D eigenvalue weighted by atomic mass is 10.1. The van der Waals surface area contributed by atoms with Crippen molar-refractivity contribution >= 4 is 11.5 Å². The monoisotopic (exact) mass is 240 g/mol. The van der Waals surface area contributed by atoms with Gasteiger partial charge in [-0.2, -0.15) is 0 Å². The molecule has 0 aliphatic heterocycles. The Hall–Kier alpha value is -2.56. The molecule has 3 rings (SSSR count). The Morgan fingerprint density at radius 2 is 1.94 bits per heavy atom. The summed E-state index contributed by atoms with van der Waals surface area (Å²) in [5.41, 5.74) is 9.27. The molecule has 5 heteroatoms. The molecule has 90 valence electrons. The van der Waals surface area contributed by atoms with Crippen molar-refractivity contribution in [3.05, 3.63) is 42.4 Å². The number of nitrogens with zero attached hydrogens (tertiary/aromatic N) is 3. The maximum Gasteiger partial charge on any atom is 0.180 e. The van der Waals surface area contributed by atoms with Crippen molar-refractivity contribution in [3.8, 4) is 17.0 Å². The van der Waals surface area contributed by atoms with Gasteiger partial charge >= 0.3 is 0 Å². The van der Waals surface area contributed by atoms with Gasteiger partial charge in [0.1, 0.15) is 5.75 Å². The van der Waals surface area contributed by atoms with Crippen LogP contribution in [-0.4, -0.2) is 19.5 Å². The third-order valence-electron chi connectivity index (χ3n) is 2.88. The van der Waals surface area contributed by atoms with Crippen LogP contribution < -0.4 is 5.73 Å². The molecule has 0 unspecified atom stereocenters. The summed E-state index contributed by atoms with van der Waals surface area (Å²) >= 11 is 0. The molecule has 0 radical (unpaired) electrons. The summed E-state index contributed by atoms with van der Waals surface area (Å²) < 4.78 is 1.91. The SMILES string of the molecule is Cc1nc2c(N)nccn2c1-c1ccc(O)cc1. The van der Waals surface area contributed by atoms with E-state index in [0.29, 0.717) is 11.5 Å². The highest BCUT2D eigenvalue weighted by atomic mass is 16.3. The predicted octanol–water partition coefficient (Wildman–Crippen LogP) is 1.99.